The standard InChI is InChI=1S/C12H21N5S/c1-8(9-5-3-4-6-9)14-10-7-11(17-13)16-12(15-10)18-2/h7-9H,3-6,13H2,1-2H3,(H2,14,15,16,17). The third kappa shape index (κ3) is 3.26. The zero-order valence-corrected chi connectivity index (χ0v) is 11.8. The normalized spacial score (nSPS) is 17.7. The fourth-order valence-electron chi connectivity index (χ4n) is 2.47. The molecule has 1 unspecified atom stereocenters. The second-order valence-corrected chi connectivity index (χ2v) is 5.52. The van der Waals surface area contributed by atoms with Crippen LogP contribution in [-0.2, 0) is 0 Å². The first-order valence-corrected chi connectivity index (χ1v) is 7.61. The minimum absolute atomic E-state index is 0.447. The van der Waals surface area contributed by atoms with Crippen LogP contribution in [0.3, 0.4) is 0 Å². The molecule has 1 atom stereocenters. The van der Waals surface area contributed by atoms with Gasteiger partial charge < -0.3 is 10.7 Å². The maximum Gasteiger partial charge on any atom is 0.191 e. The van der Waals surface area contributed by atoms with E-state index < -0.39 is 0 Å². The fraction of sp³-hybridized carbons (Fsp3) is 0.667. The van der Waals surface area contributed by atoms with Crippen molar-refractivity contribution in [3.05, 3.63) is 6.07 Å². The van der Waals surface area contributed by atoms with Crippen molar-refractivity contribution in [2.75, 3.05) is 17.0 Å². The van der Waals surface area contributed by atoms with Gasteiger partial charge in [0.15, 0.2) is 5.16 Å². The number of hydrogen-bond acceptors (Lipinski definition) is 6. The van der Waals surface area contributed by atoms with Crippen LogP contribution < -0.4 is 16.6 Å². The number of aromatic nitrogens is 2. The summed E-state index contributed by atoms with van der Waals surface area (Å²) < 4.78 is 0. The van der Waals surface area contributed by atoms with E-state index >= 15 is 0 Å². The molecule has 100 valence electrons. The maximum atomic E-state index is 5.42. The summed E-state index contributed by atoms with van der Waals surface area (Å²) in [5, 5.41) is 4.20. The molecule has 0 bridgehead atoms. The molecule has 1 aliphatic carbocycles. The van der Waals surface area contributed by atoms with Crippen LogP contribution in [0, 0.1) is 5.92 Å². The van der Waals surface area contributed by atoms with E-state index in [1.54, 1.807) is 0 Å². The third-order valence-corrected chi connectivity index (χ3v) is 4.07. The number of thioether (sulfide) groups is 1. The van der Waals surface area contributed by atoms with E-state index in [1.165, 1.54) is 37.4 Å². The Morgan fingerprint density at radius 2 is 2.00 bits per heavy atom. The van der Waals surface area contributed by atoms with Gasteiger partial charge >= 0.3 is 0 Å². The van der Waals surface area contributed by atoms with Crippen molar-refractivity contribution >= 4 is 23.4 Å². The smallest absolute Gasteiger partial charge is 0.191 e. The lowest BCUT2D eigenvalue weighted by atomic mass is 10.00. The van der Waals surface area contributed by atoms with Gasteiger partial charge in [0.05, 0.1) is 0 Å². The molecule has 0 spiro atoms. The van der Waals surface area contributed by atoms with Gasteiger partial charge in [0, 0.05) is 12.1 Å². The summed E-state index contributed by atoms with van der Waals surface area (Å²) in [5.41, 5.74) is 2.58. The molecule has 0 aliphatic heterocycles. The van der Waals surface area contributed by atoms with Crippen LogP contribution in [0.25, 0.3) is 0 Å². The second-order valence-electron chi connectivity index (χ2n) is 4.75. The first kappa shape index (κ1) is 13.4. The van der Waals surface area contributed by atoms with E-state index in [-0.39, 0.29) is 0 Å². The number of nitrogens with two attached hydrogens (primary N) is 1. The van der Waals surface area contributed by atoms with Crippen molar-refractivity contribution < 1.29 is 0 Å². The monoisotopic (exact) mass is 267 g/mol. The van der Waals surface area contributed by atoms with E-state index in [1.807, 2.05) is 12.3 Å². The highest BCUT2D eigenvalue weighted by Crippen LogP contribution is 2.29. The molecule has 1 fully saturated rings. The lowest BCUT2D eigenvalue weighted by Crippen LogP contribution is -2.24. The molecule has 0 aromatic carbocycles. The van der Waals surface area contributed by atoms with Gasteiger partial charge in [-0.3, -0.25) is 0 Å². The summed E-state index contributed by atoms with van der Waals surface area (Å²) >= 11 is 1.51. The van der Waals surface area contributed by atoms with Gasteiger partial charge in [-0.25, -0.2) is 15.8 Å². The molecule has 2 rings (SSSR count). The van der Waals surface area contributed by atoms with Gasteiger partial charge in [0.25, 0.3) is 0 Å². The Hall–Kier alpha value is -1.01. The minimum Gasteiger partial charge on any atom is -0.367 e. The molecule has 1 aromatic heterocycles. The number of nitrogens with one attached hydrogen (secondary N) is 2. The van der Waals surface area contributed by atoms with E-state index in [4.69, 9.17) is 5.84 Å². The molecule has 1 saturated carbocycles. The highest BCUT2D eigenvalue weighted by molar-refractivity contribution is 7.98. The van der Waals surface area contributed by atoms with Crippen LogP contribution in [0.5, 0.6) is 0 Å². The predicted octanol–water partition coefficient (Wildman–Crippen LogP) is 2.47. The molecule has 4 N–H and O–H groups in total. The van der Waals surface area contributed by atoms with Crippen LogP contribution in [-0.4, -0.2) is 22.3 Å². The second kappa shape index (κ2) is 6.24. The SMILES string of the molecule is CSc1nc(NN)cc(NC(C)C2CCCC2)n1. The Bertz CT molecular complexity index is 370. The van der Waals surface area contributed by atoms with E-state index in [0.29, 0.717) is 11.9 Å². The molecule has 1 heterocycles. The number of rotatable bonds is 5. The summed E-state index contributed by atoms with van der Waals surface area (Å²) in [6, 6.07) is 2.30. The molecule has 18 heavy (non-hydrogen) atoms. The number of nitrogen functional groups attached to an aromatic ring is 1. The fourth-order valence-corrected chi connectivity index (χ4v) is 2.85. The summed E-state index contributed by atoms with van der Waals surface area (Å²) in [6.07, 6.45) is 7.30. The first-order chi connectivity index (χ1) is 8.72. The highest BCUT2D eigenvalue weighted by Gasteiger charge is 2.21. The van der Waals surface area contributed by atoms with Crippen molar-refractivity contribution in [2.24, 2.45) is 11.8 Å². The van der Waals surface area contributed by atoms with Crippen LogP contribution in [0.1, 0.15) is 32.6 Å². The van der Waals surface area contributed by atoms with Gasteiger partial charge in [-0.1, -0.05) is 24.6 Å². The van der Waals surface area contributed by atoms with Gasteiger partial charge in [-0.05, 0) is 31.9 Å². The average molecular weight is 267 g/mol. The molecule has 0 radical (unpaired) electrons. The van der Waals surface area contributed by atoms with Crippen LogP contribution >= 0.6 is 11.8 Å². The van der Waals surface area contributed by atoms with Crippen molar-refractivity contribution in [3.8, 4) is 0 Å². The Labute approximate surface area is 112 Å². The Kier molecular flexibility index (Phi) is 4.66. The number of anilines is 2. The number of nitrogens with zero attached hydrogens (tertiary/aromatic N) is 2. The molecular formula is C12H21N5S. The Balaban J connectivity index is 2.07. The third-order valence-electron chi connectivity index (χ3n) is 3.52. The predicted molar refractivity (Wildman–Crippen MR) is 76.7 cm³/mol. The quantitative estimate of drug-likeness (QED) is 0.329. The van der Waals surface area contributed by atoms with Gasteiger partial charge in [0.1, 0.15) is 11.6 Å². The summed E-state index contributed by atoms with van der Waals surface area (Å²) in [7, 11) is 0. The van der Waals surface area contributed by atoms with Gasteiger partial charge in [-0.15, -0.1) is 0 Å². The molecule has 1 aromatic rings. The maximum absolute atomic E-state index is 5.42. The van der Waals surface area contributed by atoms with Crippen molar-refractivity contribution in [2.45, 2.75) is 43.8 Å². The topological polar surface area (TPSA) is 75.9 Å². The van der Waals surface area contributed by atoms with Crippen molar-refractivity contribution in [1.82, 2.24) is 9.97 Å². The lowest BCUT2D eigenvalue weighted by molar-refractivity contribution is 0.481. The minimum atomic E-state index is 0.447. The molecule has 5 nitrogen and oxygen atoms in total. The Morgan fingerprint density at radius 1 is 1.33 bits per heavy atom. The lowest BCUT2D eigenvalue weighted by Gasteiger charge is -2.21. The molecule has 6 heteroatoms. The molecule has 1 aliphatic rings. The number of hydrogen-bond donors (Lipinski definition) is 3. The number of hydrazine groups is 1. The zero-order chi connectivity index (χ0) is 13.0. The van der Waals surface area contributed by atoms with Gasteiger partial charge in [0.2, 0.25) is 0 Å². The van der Waals surface area contributed by atoms with Crippen molar-refractivity contribution in [1.29, 1.82) is 0 Å². The van der Waals surface area contributed by atoms with Crippen LogP contribution in [0.15, 0.2) is 11.2 Å². The largest absolute Gasteiger partial charge is 0.367 e. The van der Waals surface area contributed by atoms with E-state index in [9.17, 15) is 0 Å². The van der Waals surface area contributed by atoms with Crippen LogP contribution in [0.4, 0.5) is 11.6 Å². The van der Waals surface area contributed by atoms with E-state index in [0.717, 1.165) is 16.9 Å². The van der Waals surface area contributed by atoms with Crippen molar-refractivity contribution in [3.63, 3.8) is 0 Å². The average Bonchev–Trinajstić information content (AvgIpc) is 2.92. The molecular weight excluding hydrogens is 246 g/mol. The summed E-state index contributed by atoms with van der Waals surface area (Å²) in [5.74, 6) is 7.67. The van der Waals surface area contributed by atoms with Crippen LogP contribution in [0.2, 0.25) is 0 Å². The molecule has 0 saturated heterocycles. The molecule has 0 amide bonds. The zero-order valence-electron chi connectivity index (χ0n) is 10.9. The highest BCUT2D eigenvalue weighted by atomic mass is 32.2. The van der Waals surface area contributed by atoms with Gasteiger partial charge in [-0.2, -0.15) is 0 Å². The summed E-state index contributed by atoms with van der Waals surface area (Å²) in [4.78, 5) is 8.71. The summed E-state index contributed by atoms with van der Waals surface area (Å²) in [6.45, 7) is 2.23. The first-order valence-electron chi connectivity index (χ1n) is 6.39. The Morgan fingerprint density at radius 3 is 2.61 bits per heavy atom. The van der Waals surface area contributed by atoms with E-state index in [2.05, 4.69) is 27.6 Å².